The molecule has 0 aromatic rings. The van der Waals surface area contributed by atoms with Crippen molar-refractivity contribution in [3.8, 4) is 0 Å². The zero-order chi connectivity index (χ0) is 9.99. The van der Waals surface area contributed by atoms with Crippen molar-refractivity contribution in [2.75, 3.05) is 14.1 Å². The van der Waals surface area contributed by atoms with Gasteiger partial charge < -0.3 is 4.90 Å². The summed E-state index contributed by atoms with van der Waals surface area (Å²) in [6.07, 6.45) is 0.0139. The predicted octanol–water partition coefficient (Wildman–Crippen LogP) is 2.76. The van der Waals surface area contributed by atoms with Crippen molar-refractivity contribution in [3.63, 3.8) is 0 Å². The van der Waals surface area contributed by atoms with E-state index in [1.807, 2.05) is 39.8 Å². The summed E-state index contributed by atoms with van der Waals surface area (Å²) in [5.41, 5.74) is -0.260. The van der Waals surface area contributed by atoms with Gasteiger partial charge in [-0.2, -0.15) is 0 Å². The molecule has 1 fully saturated rings. The van der Waals surface area contributed by atoms with Gasteiger partial charge in [0.2, 0.25) is 0 Å². The third-order valence-corrected chi connectivity index (χ3v) is 2.36. The lowest BCUT2D eigenvalue weighted by atomic mass is 9.74. The number of nitrogens with zero attached hydrogens (tertiary/aromatic N) is 1. The normalized spacial score (nSPS) is 24.0. The van der Waals surface area contributed by atoms with Crippen molar-refractivity contribution >= 4 is 0 Å². The van der Waals surface area contributed by atoms with Crippen molar-refractivity contribution in [2.45, 2.75) is 45.1 Å². The molecule has 74 valence electrons. The Morgan fingerprint density at radius 1 is 1.08 bits per heavy atom. The SMILES string of the molecule is CC.CN(C)C1(C)CC(F)(F)C1. The predicted molar refractivity (Wildman–Crippen MR) is 47.6 cm³/mol. The second-order valence-corrected chi connectivity index (χ2v) is 3.60. The average Bonchev–Trinajstić information content (AvgIpc) is 1.87. The van der Waals surface area contributed by atoms with Crippen LogP contribution in [0.4, 0.5) is 8.78 Å². The third kappa shape index (κ3) is 2.41. The minimum atomic E-state index is -2.40. The van der Waals surface area contributed by atoms with Crippen LogP contribution in [0.1, 0.15) is 33.6 Å². The van der Waals surface area contributed by atoms with Crippen LogP contribution >= 0.6 is 0 Å². The standard InChI is InChI=1S/C7H13F2N.C2H6/c1-6(10(2)3)4-7(8,9)5-6;1-2/h4-5H2,1-3H3;1-2H3. The van der Waals surface area contributed by atoms with E-state index in [-0.39, 0.29) is 18.4 Å². The first-order valence-electron chi connectivity index (χ1n) is 4.41. The molecule has 0 amide bonds. The zero-order valence-electron chi connectivity index (χ0n) is 8.62. The van der Waals surface area contributed by atoms with Crippen LogP contribution < -0.4 is 0 Å². The molecule has 0 aromatic heterocycles. The second-order valence-electron chi connectivity index (χ2n) is 3.60. The van der Waals surface area contributed by atoms with Gasteiger partial charge in [-0.1, -0.05) is 13.8 Å². The maximum Gasteiger partial charge on any atom is 0.251 e. The van der Waals surface area contributed by atoms with Gasteiger partial charge in [-0.3, -0.25) is 0 Å². The van der Waals surface area contributed by atoms with Crippen LogP contribution in [0, 0.1) is 0 Å². The van der Waals surface area contributed by atoms with E-state index in [2.05, 4.69) is 0 Å². The molecule has 0 aromatic carbocycles. The van der Waals surface area contributed by atoms with Gasteiger partial charge in [-0.05, 0) is 21.0 Å². The molecule has 1 rings (SSSR count). The Morgan fingerprint density at radius 2 is 1.42 bits per heavy atom. The van der Waals surface area contributed by atoms with Crippen molar-refractivity contribution < 1.29 is 8.78 Å². The Kier molecular flexibility index (Phi) is 3.63. The molecule has 1 nitrogen and oxygen atoms in total. The molecule has 1 saturated carbocycles. The molecule has 0 heterocycles. The molecular formula is C9H19F2N. The first-order chi connectivity index (χ1) is 5.36. The Balaban J connectivity index is 0.000000561. The van der Waals surface area contributed by atoms with Gasteiger partial charge in [0, 0.05) is 18.4 Å². The molecule has 0 unspecified atom stereocenters. The molecule has 0 bridgehead atoms. The molecule has 0 N–H and O–H groups in total. The number of hydrogen-bond donors (Lipinski definition) is 0. The van der Waals surface area contributed by atoms with Crippen LogP contribution in [0.5, 0.6) is 0 Å². The first kappa shape index (κ1) is 11.8. The number of rotatable bonds is 1. The first-order valence-corrected chi connectivity index (χ1v) is 4.41. The fourth-order valence-corrected chi connectivity index (χ4v) is 1.38. The Morgan fingerprint density at radius 3 is 1.50 bits per heavy atom. The van der Waals surface area contributed by atoms with Gasteiger partial charge in [0.1, 0.15) is 0 Å². The van der Waals surface area contributed by atoms with E-state index in [0.717, 1.165) is 0 Å². The summed E-state index contributed by atoms with van der Waals surface area (Å²) < 4.78 is 24.7. The fourth-order valence-electron chi connectivity index (χ4n) is 1.38. The highest BCUT2D eigenvalue weighted by Gasteiger charge is 2.54. The quantitative estimate of drug-likeness (QED) is 0.598. The lowest BCUT2D eigenvalue weighted by molar-refractivity contribution is -0.158. The molecule has 0 spiro atoms. The van der Waals surface area contributed by atoms with Crippen LogP contribution in [0.3, 0.4) is 0 Å². The summed E-state index contributed by atoms with van der Waals surface area (Å²) in [6, 6.07) is 0. The van der Waals surface area contributed by atoms with Gasteiger partial charge in [-0.15, -0.1) is 0 Å². The fraction of sp³-hybridized carbons (Fsp3) is 1.00. The molecular weight excluding hydrogens is 160 g/mol. The summed E-state index contributed by atoms with van der Waals surface area (Å²) in [4.78, 5) is 1.87. The Labute approximate surface area is 73.7 Å². The monoisotopic (exact) mass is 179 g/mol. The maximum atomic E-state index is 12.4. The van der Waals surface area contributed by atoms with Crippen LogP contribution in [0.15, 0.2) is 0 Å². The number of halogens is 2. The van der Waals surface area contributed by atoms with E-state index in [1.54, 1.807) is 0 Å². The van der Waals surface area contributed by atoms with Crippen molar-refractivity contribution in [3.05, 3.63) is 0 Å². The van der Waals surface area contributed by atoms with E-state index in [9.17, 15) is 8.78 Å². The summed E-state index contributed by atoms with van der Waals surface area (Å²) >= 11 is 0. The van der Waals surface area contributed by atoms with E-state index in [1.165, 1.54) is 0 Å². The highest BCUT2D eigenvalue weighted by Crippen LogP contribution is 2.47. The van der Waals surface area contributed by atoms with Gasteiger partial charge in [0.15, 0.2) is 0 Å². The topological polar surface area (TPSA) is 3.24 Å². The zero-order valence-corrected chi connectivity index (χ0v) is 8.62. The number of alkyl halides is 2. The molecule has 1 aliphatic carbocycles. The Hall–Kier alpha value is -0.180. The summed E-state index contributed by atoms with van der Waals surface area (Å²) in [7, 11) is 3.68. The maximum absolute atomic E-state index is 12.4. The summed E-state index contributed by atoms with van der Waals surface area (Å²) in [5.74, 6) is -2.40. The molecule has 0 aliphatic heterocycles. The van der Waals surface area contributed by atoms with Crippen molar-refractivity contribution in [1.29, 1.82) is 0 Å². The molecule has 0 radical (unpaired) electrons. The van der Waals surface area contributed by atoms with Crippen molar-refractivity contribution in [1.82, 2.24) is 4.90 Å². The number of hydrogen-bond acceptors (Lipinski definition) is 1. The second kappa shape index (κ2) is 3.69. The largest absolute Gasteiger partial charge is 0.304 e. The minimum Gasteiger partial charge on any atom is -0.304 e. The molecule has 3 heteroatoms. The van der Waals surface area contributed by atoms with Crippen LogP contribution in [-0.4, -0.2) is 30.5 Å². The highest BCUT2D eigenvalue weighted by atomic mass is 19.3. The van der Waals surface area contributed by atoms with Crippen LogP contribution in [0.2, 0.25) is 0 Å². The van der Waals surface area contributed by atoms with E-state index in [4.69, 9.17) is 0 Å². The van der Waals surface area contributed by atoms with Gasteiger partial charge in [0.05, 0.1) is 0 Å². The third-order valence-electron chi connectivity index (χ3n) is 2.36. The van der Waals surface area contributed by atoms with E-state index < -0.39 is 5.92 Å². The van der Waals surface area contributed by atoms with E-state index >= 15 is 0 Å². The lowest BCUT2D eigenvalue weighted by Crippen LogP contribution is -2.57. The minimum absolute atomic E-state index is 0.00694. The van der Waals surface area contributed by atoms with Crippen LogP contribution in [0.25, 0.3) is 0 Å². The van der Waals surface area contributed by atoms with Crippen LogP contribution in [-0.2, 0) is 0 Å². The molecule has 12 heavy (non-hydrogen) atoms. The smallest absolute Gasteiger partial charge is 0.251 e. The highest BCUT2D eigenvalue weighted by molar-refractivity contribution is 5.02. The Bertz CT molecular complexity index is 135. The average molecular weight is 179 g/mol. The lowest BCUT2D eigenvalue weighted by Gasteiger charge is -2.49. The van der Waals surface area contributed by atoms with E-state index in [0.29, 0.717) is 0 Å². The van der Waals surface area contributed by atoms with Gasteiger partial charge in [0.25, 0.3) is 5.92 Å². The molecule has 1 aliphatic rings. The van der Waals surface area contributed by atoms with Gasteiger partial charge >= 0.3 is 0 Å². The summed E-state index contributed by atoms with van der Waals surface area (Å²) in [6.45, 7) is 5.87. The summed E-state index contributed by atoms with van der Waals surface area (Å²) in [5, 5.41) is 0. The van der Waals surface area contributed by atoms with Gasteiger partial charge in [-0.25, -0.2) is 8.78 Å². The molecule has 0 saturated heterocycles. The van der Waals surface area contributed by atoms with Crippen molar-refractivity contribution in [2.24, 2.45) is 0 Å². The molecule has 0 atom stereocenters.